The van der Waals surface area contributed by atoms with Gasteiger partial charge in [0.05, 0.1) is 22.8 Å². The quantitative estimate of drug-likeness (QED) is 0.695. The Bertz CT molecular complexity index is 796. The van der Waals surface area contributed by atoms with Crippen LogP contribution in [0.25, 0.3) is 0 Å². The van der Waals surface area contributed by atoms with Crippen LogP contribution in [0.3, 0.4) is 0 Å². The topological polar surface area (TPSA) is 73.0 Å². The molecule has 164 valence electrons. The van der Waals surface area contributed by atoms with E-state index in [9.17, 15) is 13.2 Å². The van der Waals surface area contributed by atoms with Gasteiger partial charge < -0.3 is 10.2 Å². The van der Waals surface area contributed by atoms with Gasteiger partial charge >= 0.3 is 0 Å². The highest BCUT2D eigenvalue weighted by Crippen LogP contribution is 2.29. The number of nitrogens with one attached hydrogen (secondary N) is 1. The first-order valence-electron chi connectivity index (χ1n) is 10.4. The summed E-state index contributed by atoms with van der Waals surface area (Å²) in [5.74, 6) is 1.03. The standard InChI is InChI=1S/C21H36N4O3S/c1-7-25(8-2)29(27,28)18-9-10-20(23(5)6)19(12-18)22-21(26)15-24-13-16(3)11-17(4)14-24/h9-10,12,16-17H,7-8,11,13-15H2,1-6H3,(H,22,26)/t16-,17-/m0/s1. The van der Waals surface area contributed by atoms with Crippen LogP contribution in [0.5, 0.6) is 0 Å². The van der Waals surface area contributed by atoms with Crippen molar-refractivity contribution in [1.82, 2.24) is 9.21 Å². The normalized spacial score (nSPS) is 20.7. The van der Waals surface area contributed by atoms with Crippen LogP contribution in [-0.2, 0) is 14.8 Å². The summed E-state index contributed by atoms with van der Waals surface area (Å²) in [5.41, 5.74) is 1.29. The van der Waals surface area contributed by atoms with Crippen LogP contribution in [0.1, 0.15) is 34.1 Å². The Kier molecular flexibility index (Phi) is 8.08. The number of amides is 1. The lowest BCUT2D eigenvalue weighted by molar-refractivity contribution is -0.117. The average Bonchev–Trinajstić information content (AvgIpc) is 2.61. The van der Waals surface area contributed by atoms with Crippen molar-refractivity contribution in [3.05, 3.63) is 18.2 Å². The summed E-state index contributed by atoms with van der Waals surface area (Å²) >= 11 is 0. The number of piperidine rings is 1. The van der Waals surface area contributed by atoms with Gasteiger partial charge in [-0.1, -0.05) is 27.7 Å². The Morgan fingerprint density at radius 1 is 1.14 bits per heavy atom. The zero-order chi connectivity index (χ0) is 21.8. The number of nitrogens with zero attached hydrogens (tertiary/aromatic N) is 3. The maximum atomic E-state index is 12.9. The third kappa shape index (κ3) is 5.93. The van der Waals surface area contributed by atoms with Crippen LogP contribution >= 0.6 is 0 Å². The van der Waals surface area contributed by atoms with Gasteiger partial charge in [-0.2, -0.15) is 4.31 Å². The molecule has 1 aromatic rings. The van der Waals surface area contributed by atoms with Crippen LogP contribution in [0, 0.1) is 11.8 Å². The lowest BCUT2D eigenvalue weighted by Gasteiger charge is -2.34. The van der Waals surface area contributed by atoms with Gasteiger partial charge in [-0.3, -0.25) is 9.69 Å². The first kappa shape index (κ1) is 23.6. The highest BCUT2D eigenvalue weighted by atomic mass is 32.2. The van der Waals surface area contributed by atoms with Crippen molar-refractivity contribution in [3.63, 3.8) is 0 Å². The Hall–Kier alpha value is -1.64. The van der Waals surface area contributed by atoms with Gasteiger partial charge in [-0.15, -0.1) is 0 Å². The van der Waals surface area contributed by atoms with Gasteiger partial charge in [0.1, 0.15) is 0 Å². The van der Waals surface area contributed by atoms with Gasteiger partial charge in [0.15, 0.2) is 0 Å². The molecule has 1 fully saturated rings. The summed E-state index contributed by atoms with van der Waals surface area (Å²) in [7, 11) is 0.155. The van der Waals surface area contributed by atoms with Crippen molar-refractivity contribution < 1.29 is 13.2 Å². The summed E-state index contributed by atoms with van der Waals surface area (Å²) in [6.07, 6.45) is 1.19. The van der Waals surface area contributed by atoms with E-state index < -0.39 is 10.0 Å². The monoisotopic (exact) mass is 424 g/mol. The fourth-order valence-electron chi connectivity index (χ4n) is 4.19. The van der Waals surface area contributed by atoms with Gasteiger partial charge in [0.25, 0.3) is 0 Å². The number of sulfonamides is 1. The number of likely N-dealkylation sites (tertiary alicyclic amines) is 1. The van der Waals surface area contributed by atoms with E-state index in [4.69, 9.17) is 0 Å². The van der Waals surface area contributed by atoms with Crippen molar-refractivity contribution in [2.24, 2.45) is 11.8 Å². The molecule has 7 nitrogen and oxygen atoms in total. The molecule has 0 bridgehead atoms. The van der Waals surface area contributed by atoms with Crippen molar-refractivity contribution in [1.29, 1.82) is 0 Å². The fraction of sp³-hybridized carbons (Fsp3) is 0.667. The van der Waals surface area contributed by atoms with Gasteiger partial charge in [-0.25, -0.2) is 8.42 Å². The van der Waals surface area contributed by atoms with Crippen molar-refractivity contribution in [2.45, 2.75) is 39.0 Å². The molecule has 1 aliphatic heterocycles. The number of anilines is 2. The van der Waals surface area contributed by atoms with E-state index in [1.807, 2.05) is 32.8 Å². The highest BCUT2D eigenvalue weighted by Gasteiger charge is 2.25. The van der Waals surface area contributed by atoms with Crippen molar-refractivity contribution >= 4 is 27.3 Å². The van der Waals surface area contributed by atoms with Crippen molar-refractivity contribution in [3.8, 4) is 0 Å². The Balaban J connectivity index is 2.24. The number of carbonyl (C=O) groups excluding carboxylic acids is 1. The lowest BCUT2D eigenvalue weighted by Crippen LogP contribution is -2.42. The minimum absolute atomic E-state index is 0.119. The molecule has 29 heavy (non-hydrogen) atoms. The SMILES string of the molecule is CCN(CC)S(=O)(=O)c1ccc(N(C)C)c(NC(=O)CN2C[C@@H](C)C[C@H](C)C2)c1. The minimum Gasteiger partial charge on any atom is -0.376 e. The fourth-order valence-corrected chi connectivity index (χ4v) is 5.68. The molecule has 8 heteroatoms. The van der Waals surface area contributed by atoms with Gasteiger partial charge in [0, 0.05) is 40.3 Å². The zero-order valence-corrected chi connectivity index (χ0v) is 19.4. The number of hydrogen-bond donors (Lipinski definition) is 1. The summed E-state index contributed by atoms with van der Waals surface area (Å²) in [4.78, 5) is 17.0. The third-order valence-electron chi connectivity index (χ3n) is 5.38. The number of carbonyl (C=O) groups is 1. The zero-order valence-electron chi connectivity index (χ0n) is 18.6. The molecule has 1 aromatic carbocycles. The first-order chi connectivity index (χ1) is 13.6. The molecule has 0 aliphatic carbocycles. The van der Waals surface area contributed by atoms with Crippen LogP contribution in [0.15, 0.2) is 23.1 Å². The van der Waals surface area contributed by atoms with E-state index in [1.165, 1.54) is 10.7 Å². The number of benzene rings is 1. The highest BCUT2D eigenvalue weighted by molar-refractivity contribution is 7.89. The van der Waals surface area contributed by atoms with E-state index in [1.54, 1.807) is 18.2 Å². The van der Waals surface area contributed by atoms with E-state index in [0.29, 0.717) is 37.2 Å². The molecular formula is C21H36N4O3S. The van der Waals surface area contributed by atoms with E-state index in [-0.39, 0.29) is 10.8 Å². The maximum Gasteiger partial charge on any atom is 0.243 e. The predicted molar refractivity (Wildman–Crippen MR) is 119 cm³/mol. The molecule has 1 N–H and O–H groups in total. The van der Waals surface area contributed by atoms with Crippen LogP contribution in [0.4, 0.5) is 11.4 Å². The second-order valence-electron chi connectivity index (χ2n) is 8.35. The lowest BCUT2D eigenvalue weighted by atomic mass is 9.92. The minimum atomic E-state index is -3.59. The average molecular weight is 425 g/mol. The van der Waals surface area contributed by atoms with E-state index in [0.717, 1.165) is 18.8 Å². The second kappa shape index (κ2) is 9.91. The largest absolute Gasteiger partial charge is 0.376 e. The van der Waals surface area contributed by atoms with Crippen LogP contribution in [0.2, 0.25) is 0 Å². The molecule has 1 heterocycles. The molecule has 0 spiro atoms. The number of hydrogen-bond acceptors (Lipinski definition) is 5. The van der Waals surface area contributed by atoms with Crippen LogP contribution < -0.4 is 10.2 Å². The summed E-state index contributed by atoms with van der Waals surface area (Å²) in [6.45, 7) is 11.0. The smallest absolute Gasteiger partial charge is 0.243 e. The summed E-state index contributed by atoms with van der Waals surface area (Å²) in [5, 5.41) is 2.95. The molecule has 0 unspecified atom stereocenters. The van der Waals surface area contributed by atoms with Crippen molar-refractivity contribution in [2.75, 3.05) is 57.0 Å². The van der Waals surface area contributed by atoms with Crippen LogP contribution in [-0.4, -0.2) is 70.3 Å². The predicted octanol–water partition coefficient (Wildman–Crippen LogP) is 2.70. The van der Waals surface area contributed by atoms with Gasteiger partial charge in [0.2, 0.25) is 15.9 Å². The van der Waals surface area contributed by atoms with Gasteiger partial charge in [-0.05, 0) is 36.5 Å². The molecule has 1 aliphatic rings. The Morgan fingerprint density at radius 3 is 2.24 bits per heavy atom. The second-order valence-corrected chi connectivity index (χ2v) is 10.3. The Morgan fingerprint density at radius 2 is 1.72 bits per heavy atom. The molecule has 1 saturated heterocycles. The molecule has 2 atom stereocenters. The molecular weight excluding hydrogens is 388 g/mol. The maximum absolute atomic E-state index is 12.9. The molecule has 1 amide bonds. The Labute approximate surface area is 176 Å². The van der Waals surface area contributed by atoms with E-state index in [2.05, 4.69) is 24.1 Å². The number of rotatable bonds is 8. The molecule has 2 rings (SSSR count). The molecule has 0 radical (unpaired) electrons. The van der Waals surface area contributed by atoms with E-state index >= 15 is 0 Å². The summed E-state index contributed by atoms with van der Waals surface area (Å²) < 4.78 is 27.2. The first-order valence-corrected chi connectivity index (χ1v) is 11.9. The third-order valence-corrected chi connectivity index (χ3v) is 7.42. The summed E-state index contributed by atoms with van der Waals surface area (Å²) in [6, 6.07) is 4.92. The molecule has 0 aromatic heterocycles. The molecule has 0 saturated carbocycles.